The Morgan fingerprint density at radius 3 is 2.52 bits per heavy atom. The van der Waals surface area contributed by atoms with Crippen LogP contribution in [0.1, 0.15) is 67.3 Å². The van der Waals surface area contributed by atoms with Gasteiger partial charge in [0.1, 0.15) is 6.04 Å². The van der Waals surface area contributed by atoms with Gasteiger partial charge in [0.05, 0.1) is 11.8 Å². The van der Waals surface area contributed by atoms with Crippen LogP contribution >= 0.6 is 0 Å². The number of nitrogens with zero attached hydrogens (tertiary/aromatic N) is 4. The molecule has 1 spiro atoms. The molecule has 2 aliphatic carbocycles. The summed E-state index contributed by atoms with van der Waals surface area (Å²) in [5.74, 6) is 1.05. The molecular weight excluding hydrogens is 366 g/mol. The molecule has 2 aromatic heterocycles. The highest BCUT2D eigenvalue weighted by molar-refractivity contribution is 5.97. The first-order valence-corrected chi connectivity index (χ1v) is 10.6. The van der Waals surface area contributed by atoms with Crippen molar-refractivity contribution in [1.29, 1.82) is 0 Å². The van der Waals surface area contributed by atoms with E-state index in [0.29, 0.717) is 22.7 Å². The van der Waals surface area contributed by atoms with Gasteiger partial charge in [-0.15, -0.1) is 0 Å². The summed E-state index contributed by atoms with van der Waals surface area (Å²) in [7, 11) is 0. The van der Waals surface area contributed by atoms with E-state index in [4.69, 9.17) is 0 Å². The SMILES string of the molecule is C[C@@H](NC(=O)c1ccc(-n2cc(C3CC3)cn2)nc1)C(=O)N1CCC2(CC1)CC2. The van der Waals surface area contributed by atoms with E-state index in [9.17, 15) is 9.59 Å². The first kappa shape index (κ1) is 18.3. The summed E-state index contributed by atoms with van der Waals surface area (Å²) in [5.41, 5.74) is 2.22. The molecule has 3 heterocycles. The van der Waals surface area contributed by atoms with Crippen LogP contribution in [-0.4, -0.2) is 50.6 Å². The van der Waals surface area contributed by atoms with Crippen LogP contribution in [0.25, 0.3) is 5.82 Å². The number of piperidine rings is 1. The number of amides is 2. The van der Waals surface area contributed by atoms with E-state index >= 15 is 0 Å². The number of nitrogens with one attached hydrogen (secondary N) is 1. The summed E-state index contributed by atoms with van der Waals surface area (Å²) >= 11 is 0. The van der Waals surface area contributed by atoms with Crippen molar-refractivity contribution in [2.24, 2.45) is 5.41 Å². The minimum Gasteiger partial charge on any atom is -0.341 e. The van der Waals surface area contributed by atoms with Crippen molar-refractivity contribution in [2.45, 2.75) is 57.4 Å². The van der Waals surface area contributed by atoms with Gasteiger partial charge in [0, 0.05) is 25.5 Å². The highest BCUT2D eigenvalue weighted by atomic mass is 16.2. The van der Waals surface area contributed by atoms with E-state index in [1.807, 2.05) is 17.3 Å². The van der Waals surface area contributed by atoms with E-state index in [-0.39, 0.29) is 11.8 Å². The lowest BCUT2D eigenvalue weighted by Gasteiger charge is -2.33. The number of pyridine rings is 1. The molecule has 29 heavy (non-hydrogen) atoms. The summed E-state index contributed by atoms with van der Waals surface area (Å²) in [6.45, 7) is 3.37. The number of carbonyl (C=O) groups is 2. The predicted octanol–water partition coefficient (Wildman–Crippen LogP) is 2.67. The Morgan fingerprint density at radius 1 is 1.14 bits per heavy atom. The minimum atomic E-state index is -0.539. The molecule has 1 N–H and O–H groups in total. The molecule has 7 nitrogen and oxygen atoms in total. The molecule has 0 radical (unpaired) electrons. The molecule has 0 bridgehead atoms. The Bertz CT molecular complexity index is 917. The third kappa shape index (κ3) is 3.78. The summed E-state index contributed by atoms with van der Waals surface area (Å²) in [6.07, 6.45) is 12.7. The molecule has 0 unspecified atom stereocenters. The second-order valence-electron chi connectivity index (χ2n) is 8.92. The first-order chi connectivity index (χ1) is 14.0. The Balaban J connectivity index is 1.18. The normalized spacial score (nSPS) is 21.1. The van der Waals surface area contributed by atoms with Gasteiger partial charge in [0.2, 0.25) is 5.91 Å². The highest BCUT2D eigenvalue weighted by Crippen LogP contribution is 2.53. The van der Waals surface area contributed by atoms with E-state index in [1.54, 1.807) is 23.7 Å². The van der Waals surface area contributed by atoms with Crippen molar-refractivity contribution in [3.63, 3.8) is 0 Å². The molecule has 1 aliphatic heterocycles. The van der Waals surface area contributed by atoms with Gasteiger partial charge in [-0.25, -0.2) is 9.67 Å². The molecule has 3 aliphatic rings. The molecule has 1 saturated heterocycles. The van der Waals surface area contributed by atoms with Gasteiger partial charge in [0.15, 0.2) is 5.82 Å². The fourth-order valence-corrected chi connectivity index (χ4v) is 4.24. The van der Waals surface area contributed by atoms with Gasteiger partial charge in [-0.3, -0.25) is 9.59 Å². The van der Waals surface area contributed by atoms with Gasteiger partial charge in [-0.2, -0.15) is 5.10 Å². The Morgan fingerprint density at radius 2 is 1.90 bits per heavy atom. The fraction of sp³-hybridized carbons (Fsp3) is 0.545. The first-order valence-electron chi connectivity index (χ1n) is 10.6. The molecule has 152 valence electrons. The van der Waals surface area contributed by atoms with E-state index < -0.39 is 6.04 Å². The smallest absolute Gasteiger partial charge is 0.253 e. The Labute approximate surface area is 170 Å². The fourth-order valence-electron chi connectivity index (χ4n) is 4.24. The van der Waals surface area contributed by atoms with Crippen molar-refractivity contribution < 1.29 is 9.59 Å². The summed E-state index contributed by atoms with van der Waals surface area (Å²) < 4.78 is 1.74. The molecule has 1 atom stereocenters. The zero-order valence-corrected chi connectivity index (χ0v) is 16.8. The number of hydrogen-bond donors (Lipinski definition) is 1. The molecule has 2 aromatic rings. The number of carbonyl (C=O) groups excluding carboxylic acids is 2. The monoisotopic (exact) mass is 393 g/mol. The average molecular weight is 393 g/mol. The molecule has 2 amide bonds. The van der Waals surface area contributed by atoms with Crippen LogP contribution in [0.3, 0.4) is 0 Å². The second-order valence-corrected chi connectivity index (χ2v) is 8.92. The largest absolute Gasteiger partial charge is 0.341 e. The summed E-state index contributed by atoms with van der Waals surface area (Å²) in [6, 6.07) is 2.97. The van der Waals surface area contributed by atoms with Gasteiger partial charge >= 0.3 is 0 Å². The number of rotatable bonds is 5. The van der Waals surface area contributed by atoms with Gasteiger partial charge in [-0.1, -0.05) is 0 Å². The van der Waals surface area contributed by atoms with E-state index in [1.165, 1.54) is 37.4 Å². The maximum absolute atomic E-state index is 12.7. The third-order valence-corrected chi connectivity index (χ3v) is 6.71. The average Bonchev–Trinajstić information content (AvgIpc) is 3.68. The Hall–Kier alpha value is -2.70. The molecule has 2 saturated carbocycles. The zero-order valence-electron chi connectivity index (χ0n) is 16.8. The van der Waals surface area contributed by atoms with Gasteiger partial charge in [-0.05, 0) is 74.5 Å². The summed E-state index contributed by atoms with van der Waals surface area (Å²) in [5, 5.41) is 7.19. The lowest BCUT2D eigenvalue weighted by Crippen LogP contribution is -2.49. The lowest BCUT2D eigenvalue weighted by molar-refractivity contribution is -0.134. The zero-order chi connectivity index (χ0) is 20.0. The second kappa shape index (κ2) is 6.97. The van der Waals surface area contributed by atoms with Crippen molar-refractivity contribution in [3.8, 4) is 5.82 Å². The minimum absolute atomic E-state index is 0.00239. The number of aromatic nitrogens is 3. The number of hydrogen-bond acceptors (Lipinski definition) is 4. The maximum Gasteiger partial charge on any atom is 0.253 e. The molecule has 5 rings (SSSR count). The molecule has 0 aromatic carbocycles. The van der Waals surface area contributed by atoms with Crippen molar-refractivity contribution in [2.75, 3.05) is 13.1 Å². The van der Waals surface area contributed by atoms with Gasteiger partial charge in [0.25, 0.3) is 5.91 Å². The molecule has 3 fully saturated rings. The highest BCUT2D eigenvalue weighted by Gasteiger charge is 2.45. The Kier molecular flexibility index (Phi) is 4.41. The molecular formula is C22H27N5O2. The van der Waals surface area contributed by atoms with E-state index in [2.05, 4.69) is 15.4 Å². The van der Waals surface area contributed by atoms with Crippen molar-refractivity contribution in [1.82, 2.24) is 25.0 Å². The summed E-state index contributed by atoms with van der Waals surface area (Å²) in [4.78, 5) is 31.5. The predicted molar refractivity (Wildman–Crippen MR) is 108 cm³/mol. The van der Waals surface area contributed by atoms with Crippen molar-refractivity contribution in [3.05, 3.63) is 41.9 Å². The van der Waals surface area contributed by atoms with Crippen LogP contribution in [0.5, 0.6) is 0 Å². The number of likely N-dealkylation sites (tertiary alicyclic amines) is 1. The van der Waals surface area contributed by atoms with Crippen molar-refractivity contribution >= 4 is 11.8 Å². The van der Waals surface area contributed by atoms with Crippen LogP contribution in [0.4, 0.5) is 0 Å². The van der Waals surface area contributed by atoms with Crippen LogP contribution in [0.2, 0.25) is 0 Å². The van der Waals surface area contributed by atoms with Gasteiger partial charge < -0.3 is 10.2 Å². The lowest BCUT2D eigenvalue weighted by atomic mass is 9.93. The van der Waals surface area contributed by atoms with Crippen LogP contribution in [0, 0.1) is 5.41 Å². The maximum atomic E-state index is 12.7. The van der Waals surface area contributed by atoms with Crippen LogP contribution < -0.4 is 5.32 Å². The topological polar surface area (TPSA) is 80.1 Å². The van der Waals surface area contributed by atoms with Crippen LogP contribution in [0.15, 0.2) is 30.7 Å². The third-order valence-electron chi connectivity index (χ3n) is 6.71. The van der Waals surface area contributed by atoms with E-state index in [0.717, 1.165) is 25.9 Å². The van der Waals surface area contributed by atoms with Crippen LogP contribution in [-0.2, 0) is 4.79 Å². The molecule has 7 heteroatoms. The standard InChI is InChI=1S/C22H27N5O2/c1-15(21(29)26-10-8-22(6-7-22)9-11-26)25-20(28)17-4-5-19(23-12-17)27-14-18(13-24-27)16-2-3-16/h4-5,12-16H,2-3,6-11H2,1H3,(H,25,28)/t15-/m1/s1. The quantitative estimate of drug-likeness (QED) is 0.847.